The van der Waals surface area contributed by atoms with E-state index in [-0.39, 0.29) is 5.82 Å². The Bertz CT molecular complexity index is 973. The van der Waals surface area contributed by atoms with E-state index in [1.165, 1.54) is 23.5 Å². The van der Waals surface area contributed by atoms with Crippen molar-refractivity contribution in [3.05, 3.63) is 74.3 Å². The van der Waals surface area contributed by atoms with Gasteiger partial charge in [0.25, 0.3) is 0 Å². The van der Waals surface area contributed by atoms with Crippen molar-refractivity contribution in [1.29, 1.82) is 5.26 Å². The lowest BCUT2D eigenvalue weighted by atomic mass is 10.1. The second kappa shape index (κ2) is 7.14. The molecule has 2 aromatic carbocycles. The highest BCUT2D eigenvalue weighted by atomic mass is 35.5. The Labute approximate surface area is 152 Å². The third-order valence-electron chi connectivity index (χ3n) is 3.23. The fourth-order valence-corrected chi connectivity index (χ4v) is 3.18. The van der Waals surface area contributed by atoms with Crippen molar-refractivity contribution in [2.45, 2.75) is 0 Å². The number of hydrogen-bond acceptors (Lipinski definition) is 3. The Kier molecular flexibility index (Phi) is 4.96. The fourth-order valence-electron chi connectivity index (χ4n) is 2.09. The van der Waals surface area contributed by atoms with Crippen LogP contribution < -0.4 is 0 Å². The molecule has 0 saturated carbocycles. The van der Waals surface area contributed by atoms with Gasteiger partial charge >= 0.3 is 0 Å². The SMILES string of the molecule is N#C/C(=C/c1cccc(F)c1)c1nc(-c2ccc(Cl)c(Cl)c2)cs1. The van der Waals surface area contributed by atoms with Crippen LogP contribution in [0.2, 0.25) is 10.0 Å². The summed E-state index contributed by atoms with van der Waals surface area (Å²) in [4.78, 5) is 4.47. The normalized spacial score (nSPS) is 11.3. The Balaban J connectivity index is 1.96. The molecule has 0 radical (unpaired) electrons. The van der Waals surface area contributed by atoms with Crippen LogP contribution in [0.1, 0.15) is 10.6 Å². The molecule has 1 heterocycles. The highest BCUT2D eigenvalue weighted by Crippen LogP contribution is 2.31. The van der Waals surface area contributed by atoms with Crippen LogP contribution in [-0.4, -0.2) is 4.98 Å². The molecular formula is C18H9Cl2FN2S. The third kappa shape index (κ3) is 3.65. The van der Waals surface area contributed by atoms with E-state index in [2.05, 4.69) is 11.1 Å². The Morgan fingerprint density at radius 1 is 1.17 bits per heavy atom. The molecule has 0 aliphatic heterocycles. The zero-order valence-electron chi connectivity index (χ0n) is 12.1. The minimum absolute atomic E-state index is 0.350. The smallest absolute Gasteiger partial charge is 0.134 e. The molecule has 3 rings (SSSR count). The number of rotatable bonds is 3. The number of thiazole rings is 1. The first-order chi connectivity index (χ1) is 11.6. The number of hydrogen-bond donors (Lipinski definition) is 0. The van der Waals surface area contributed by atoms with E-state index in [0.29, 0.717) is 31.9 Å². The van der Waals surface area contributed by atoms with Crippen molar-refractivity contribution >= 4 is 46.2 Å². The molecule has 1 aromatic heterocycles. The first kappa shape index (κ1) is 16.7. The van der Waals surface area contributed by atoms with Gasteiger partial charge in [-0.25, -0.2) is 9.37 Å². The predicted molar refractivity (Wildman–Crippen MR) is 97.5 cm³/mol. The summed E-state index contributed by atoms with van der Waals surface area (Å²) in [6.45, 7) is 0. The van der Waals surface area contributed by atoms with Crippen molar-refractivity contribution in [1.82, 2.24) is 4.98 Å². The molecule has 118 valence electrons. The van der Waals surface area contributed by atoms with Crippen LogP contribution in [-0.2, 0) is 0 Å². The molecule has 3 aromatic rings. The van der Waals surface area contributed by atoms with E-state index in [4.69, 9.17) is 23.2 Å². The Morgan fingerprint density at radius 3 is 2.71 bits per heavy atom. The monoisotopic (exact) mass is 374 g/mol. The van der Waals surface area contributed by atoms with Gasteiger partial charge in [-0.1, -0.05) is 41.4 Å². The van der Waals surface area contributed by atoms with E-state index in [0.717, 1.165) is 5.56 Å². The zero-order chi connectivity index (χ0) is 17.1. The van der Waals surface area contributed by atoms with Gasteiger partial charge in [0.1, 0.15) is 16.9 Å². The molecule has 6 heteroatoms. The molecule has 0 aliphatic rings. The Hall–Kier alpha value is -2.19. The summed E-state index contributed by atoms with van der Waals surface area (Å²) in [5.41, 5.74) is 2.50. The molecule has 0 spiro atoms. The van der Waals surface area contributed by atoms with Crippen molar-refractivity contribution in [2.24, 2.45) is 0 Å². The van der Waals surface area contributed by atoms with Gasteiger partial charge in [0.05, 0.1) is 21.3 Å². The lowest BCUT2D eigenvalue weighted by Crippen LogP contribution is -1.84. The molecule has 0 amide bonds. The standard InChI is InChI=1S/C18H9Cl2FN2S/c19-15-5-4-12(8-16(15)20)17-10-24-18(23-17)13(9-22)6-11-2-1-3-14(21)7-11/h1-8,10H/b13-6-. The minimum Gasteiger partial charge on any atom is -0.235 e. The lowest BCUT2D eigenvalue weighted by molar-refractivity contribution is 0.627. The van der Waals surface area contributed by atoms with Gasteiger partial charge in [0.2, 0.25) is 0 Å². The van der Waals surface area contributed by atoms with Crippen LogP contribution in [0, 0.1) is 17.1 Å². The first-order valence-electron chi connectivity index (χ1n) is 6.85. The molecule has 0 N–H and O–H groups in total. The van der Waals surface area contributed by atoms with Gasteiger partial charge in [-0.3, -0.25) is 0 Å². The van der Waals surface area contributed by atoms with Crippen molar-refractivity contribution in [2.75, 3.05) is 0 Å². The van der Waals surface area contributed by atoms with Gasteiger partial charge in [-0.05, 0) is 35.9 Å². The van der Waals surface area contributed by atoms with Crippen LogP contribution in [0.15, 0.2) is 47.8 Å². The third-order valence-corrected chi connectivity index (χ3v) is 4.84. The number of benzene rings is 2. The second-order valence-electron chi connectivity index (χ2n) is 4.89. The number of aromatic nitrogens is 1. The number of allylic oxidation sites excluding steroid dienone is 1. The van der Waals surface area contributed by atoms with Crippen molar-refractivity contribution in [3.63, 3.8) is 0 Å². The maximum atomic E-state index is 13.3. The number of halogens is 3. The van der Waals surface area contributed by atoms with Crippen molar-refractivity contribution < 1.29 is 4.39 Å². The van der Waals surface area contributed by atoms with Crippen LogP contribution in [0.3, 0.4) is 0 Å². The van der Waals surface area contributed by atoms with Gasteiger partial charge in [0, 0.05) is 10.9 Å². The summed E-state index contributed by atoms with van der Waals surface area (Å²) < 4.78 is 13.3. The molecule has 0 aliphatic carbocycles. The van der Waals surface area contributed by atoms with E-state index >= 15 is 0 Å². The summed E-state index contributed by atoms with van der Waals surface area (Å²) in [7, 11) is 0. The van der Waals surface area contributed by atoms with Crippen molar-refractivity contribution in [3.8, 4) is 17.3 Å². The van der Waals surface area contributed by atoms with Gasteiger partial charge in [-0.15, -0.1) is 11.3 Å². The average molecular weight is 375 g/mol. The quantitative estimate of drug-likeness (QED) is 0.502. The summed E-state index contributed by atoms with van der Waals surface area (Å²) in [5.74, 6) is -0.350. The second-order valence-corrected chi connectivity index (χ2v) is 6.56. The number of nitriles is 1. The van der Waals surface area contributed by atoms with Crippen LogP contribution in [0.25, 0.3) is 22.9 Å². The van der Waals surface area contributed by atoms with Gasteiger partial charge in [0.15, 0.2) is 0 Å². The summed E-state index contributed by atoms with van der Waals surface area (Å²) >= 11 is 13.3. The molecule has 0 saturated heterocycles. The van der Waals surface area contributed by atoms with E-state index < -0.39 is 0 Å². The molecular weight excluding hydrogens is 366 g/mol. The highest BCUT2D eigenvalue weighted by molar-refractivity contribution is 7.11. The Morgan fingerprint density at radius 2 is 2.00 bits per heavy atom. The molecule has 0 bridgehead atoms. The molecule has 2 nitrogen and oxygen atoms in total. The van der Waals surface area contributed by atoms with Gasteiger partial charge in [-0.2, -0.15) is 5.26 Å². The predicted octanol–water partition coefficient (Wildman–Crippen LogP) is 6.32. The molecule has 0 fully saturated rings. The first-order valence-corrected chi connectivity index (χ1v) is 8.49. The summed E-state index contributed by atoms with van der Waals surface area (Å²) in [6.07, 6.45) is 1.61. The maximum absolute atomic E-state index is 13.3. The van der Waals surface area contributed by atoms with Crippen LogP contribution >= 0.6 is 34.5 Å². The summed E-state index contributed by atoms with van der Waals surface area (Å²) in [5, 5.41) is 12.7. The summed E-state index contributed by atoms with van der Waals surface area (Å²) in [6, 6.07) is 13.4. The molecule has 24 heavy (non-hydrogen) atoms. The van der Waals surface area contributed by atoms with Gasteiger partial charge < -0.3 is 0 Å². The van der Waals surface area contributed by atoms with E-state index in [1.54, 1.807) is 30.3 Å². The molecule has 0 unspecified atom stereocenters. The van der Waals surface area contributed by atoms with Crippen LogP contribution in [0.5, 0.6) is 0 Å². The van der Waals surface area contributed by atoms with E-state index in [1.807, 2.05) is 11.4 Å². The zero-order valence-corrected chi connectivity index (χ0v) is 14.5. The topological polar surface area (TPSA) is 36.7 Å². The van der Waals surface area contributed by atoms with E-state index in [9.17, 15) is 9.65 Å². The largest absolute Gasteiger partial charge is 0.235 e. The minimum atomic E-state index is -0.350. The number of nitrogens with zero attached hydrogens (tertiary/aromatic N) is 2. The maximum Gasteiger partial charge on any atom is 0.134 e. The highest BCUT2D eigenvalue weighted by Gasteiger charge is 2.10. The fraction of sp³-hybridized carbons (Fsp3) is 0. The lowest BCUT2D eigenvalue weighted by Gasteiger charge is -1.99. The molecule has 0 atom stereocenters. The average Bonchev–Trinajstić information content (AvgIpc) is 3.05. The van der Waals surface area contributed by atoms with Crippen LogP contribution in [0.4, 0.5) is 4.39 Å².